The molecular weight excluding hydrogens is 281 g/mol. The van der Waals surface area contributed by atoms with Gasteiger partial charge in [-0.1, -0.05) is 17.7 Å². The summed E-state index contributed by atoms with van der Waals surface area (Å²) in [5.41, 5.74) is 0.617. The number of halogens is 2. The number of ether oxygens (including phenoxy) is 1. The van der Waals surface area contributed by atoms with E-state index in [1.165, 1.54) is 6.07 Å². The molecule has 1 heterocycles. The van der Waals surface area contributed by atoms with Crippen LogP contribution in [0.15, 0.2) is 41.0 Å². The first kappa shape index (κ1) is 15.0. The average Bonchev–Trinajstić information content (AvgIpc) is 2.93. The van der Waals surface area contributed by atoms with E-state index in [1.54, 1.807) is 18.4 Å². The van der Waals surface area contributed by atoms with Crippen molar-refractivity contribution in [2.45, 2.75) is 19.6 Å². The predicted molar refractivity (Wildman–Crippen MR) is 76.1 cm³/mol. The second kappa shape index (κ2) is 8.04. The molecule has 0 fully saturated rings. The van der Waals surface area contributed by atoms with Gasteiger partial charge in [0.25, 0.3) is 0 Å². The fourth-order valence-electron chi connectivity index (χ4n) is 1.75. The number of benzene rings is 1. The fraction of sp³-hybridized carbons (Fsp3) is 0.333. The molecule has 2 aromatic rings. The van der Waals surface area contributed by atoms with Gasteiger partial charge in [-0.25, -0.2) is 4.39 Å². The summed E-state index contributed by atoms with van der Waals surface area (Å²) in [7, 11) is 0. The Morgan fingerprint density at radius 3 is 2.95 bits per heavy atom. The van der Waals surface area contributed by atoms with E-state index >= 15 is 0 Å². The number of nitrogens with one attached hydrogen (secondary N) is 1. The van der Waals surface area contributed by atoms with Gasteiger partial charge < -0.3 is 14.5 Å². The minimum Gasteiger partial charge on any atom is -0.467 e. The summed E-state index contributed by atoms with van der Waals surface area (Å²) in [6, 6.07) is 8.42. The molecule has 3 nitrogen and oxygen atoms in total. The van der Waals surface area contributed by atoms with Crippen molar-refractivity contribution in [1.82, 2.24) is 5.32 Å². The molecule has 0 bridgehead atoms. The van der Waals surface area contributed by atoms with Crippen LogP contribution in [0.4, 0.5) is 4.39 Å². The highest BCUT2D eigenvalue weighted by Gasteiger charge is 2.02. The number of hydrogen-bond acceptors (Lipinski definition) is 3. The van der Waals surface area contributed by atoms with Crippen LogP contribution in [0.2, 0.25) is 5.02 Å². The molecule has 2 rings (SSSR count). The van der Waals surface area contributed by atoms with Gasteiger partial charge in [-0.15, -0.1) is 0 Å². The molecule has 0 amide bonds. The molecule has 108 valence electrons. The third kappa shape index (κ3) is 4.96. The lowest BCUT2D eigenvalue weighted by Gasteiger charge is -2.06. The second-order valence-corrected chi connectivity index (χ2v) is 4.83. The van der Waals surface area contributed by atoms with Gasteiger partial charge in [-0.05, 0) is 37.2 Å². The summed E-state index contributed by atoms with van der Waals surface area (Å²) in [4.78, 5) is 0. The Bertz CT molecular complexity index is 517. The monoisotopic (exact) mass is 297 g/mol. The van der Waals surface area contributed by atoms with Crippen LogP contribution in [0.3, 0.4) is 0 Å². The van der Waals surface area contributed by atoms with Gasteiger partial charge in [0.1, 0.15) is 18.2 Å². The molecule has 1 N–H and O–H groups in total. The molecule has 0 saturated heterocycles. The van der Waals surface area contributed by atoms with E-state index in [0.717, 1.165) is 18.7 Å². The zero-order chi connectivity index (χ0) is 14.2. The third-order valence-electron chi connectivity index (χ3n) is 2.80. The van der Waals surface area contributed by atoms with Crippen molar-refractivity contribution in [2.75, 3.05) is 13.2 Å². The van der Waals surface area contributed by atoms with E-state index in [2.05, 4.69) is 5.32 Å². The summed E-state index contributed by atoms with van der Waals surface area (Å²) in [6.07, 6.45) is 2.48. The van der Waals surface area contributed by atoms with Crippen LogP contribution in [-0.2, 0) is 17.9 Å². The number of furan rings is 1. The summed E-state index contributed by atoms with van der Waals surface area (Å²) in [6.45, 7) is 2.37. The Morgan fingerprint density at radius 2 is 2.20 bits per heavy atom. The van der Waals surface area contributed by atoms with E-state index in [4.69, 9.17) is 20.8 Å². The third-order valence-corrected chi connectivity index (χ3v) is 3.03. The van der Waals surface area contributed by atoms with Crippen molar-refractivity contribution in [3.05, 3.63) is 58.8 Å². The predicted octanol–water partition coefficient (Wildman–Crippen LogP) is 3.77. The standard InChI is InChI=1S/C15H17ClFNO2/c16-13-5-4-12(15(17)9-13)10-18-6-2-7-19-11-14-3-1-8-20-14/h1,3-5,8-9,18H,2,6-7,10-11H2. The maximum absolute atomic E-state index is 13.5. The molecular formula is C15H17ClFNO2. The van der Waals surface area contributed by atoms with Gasteiger partial charge in [-0.2, -0.15) is 0 Å². The minimum atomic E-state index is -0.279. The first-order valence-electron chi connectivity index (χ1n) is 6.50. The second-order valence-electron chi connectivity index (χ2n) is 4.40. The van der Waals surface area contributed by atoms with Gasteiger partial charge >= 0.3 is 0 Å². The molecule has 1 aromatic heterocycles. The Labute approximate surface area is 122 Å². The Kier molecular flexibility index (Phi) is 6.05. The molecule has 5 heteroatoms. The van der Waals surface area contributed by atoms with Crippen molar-refractivity contribution in [1.29, 1.82) is 0 Å². The SMILES string of the molecule is Fc1cc(Cl)ccc1CNCCCOCc1ccco1. The molecule has 0 aliphatic rings. The van der Waals surface area contributed by atoms with Crippen LogP contribution < -0.4 is 5.32 Å². The summed E-state index contributed by atoms with van der Waals surface area (Å²) in [5.74, 6) is 0.542. The lowest BCUT2D eigenvalue weighted by Crippen LogP contribution is -2.17. The highest BCUT2D eigenvalue weighted by atomic mass is 35.5. The van der Waals surface area contributed by atoms with Gasteiger partial charge in [0, 0.05) is 23.7 Å². The lowest BCUT2D eigenvalue weighted by molar-refractivity contribution is 0.104. The smallest absolute Gasteiger partial charge is 0.129 e. The minimum absolute atomic E-state index is 0.279. The van der Waals surface area contributed by atoms with E-state index < -0.39 is 0 Å². The van der Waals surface area contributed by atoms with Crippen molar-refractivity contribution in [3.63, 3.8) is 0 Å². The molecule has 0 spiro atoms. The van der Waals surface area contributed by atoms with Crippen molar-refractivity contribution < 1.29 is 13.5 Å². The van der Waals surface area contributed by atoms with Gasteiger partial charge in [0.2, 0.25) is 0 Å². The molecule has 20 heavy (non-hydrogen) atoms. The van der Waals surface area contributed by atoms with Crippen LogP contribution in [-0.4, -0.2) is 13.2 Å². The molecule has 1 aromatic carbocycles. The maximum Gasteiger partial charge on any atom is 0.129 e. The molecule has 0 saturated carbocycles. The number of hydrogen-bond donors (Lipinski definition) is 1. The summed E-state index contributed by atoms with van der Waals surface area (Å²) < 4.78 is 24.1. The van der Waals surface area contributed by atoms with E-state index in [0.29, 0.717) is 30.3 Å². The number of rotatable bonds is 8. The van der Waals surface area contributed by atoms with E-state index in [1.807, 2.05) is 12.1 Å². The zero-order valence-electron chi connectivity index (χ0n) is 11.1. The lowest BCUT2D eigenvalue weighted by atomic mass is 10.2. The molecule has 0 atom stereocenters. The topological polar surface area (TPSA) is 34.4 Å². The molecule has 0 radical (unpaired) electrons. The molecule has 0 aliphatic carbocycles. The van der Waals surface area contributed by atoms with Crippen molar-refractivity contribution in [3.8, 4) is 0 Å². The van der Waals surface area contributed by atoms with Gasteiger partial charge in [0.15, 0.2) is 0 Å². The van der Waals surface area contributed by atoms with E-state index in [-0.39, 0.29) is 5.82 Å². The highest BCUT2D eigenvalue weighted by Crippen LogP contribution is 2.14. The average molecular weight is 298 g/mol. The maximum atomic E-state index is 13.5. The first-order chi connectivity index (χ1) is 9.75. The van der Waals surface area contributed by atoms with Crippen LogP contribution in [0.5, 0.6) is 0 Å². The molecule has 0 aliphatic heterocycles. The largest absolute Gasteiger partial charge is 0.467 e. The van der Waals surface area contributed by atoms with Gasteiger partial charge in [0.05, 0.1) is 6.26 Å². The Hall–Kier alpha value is -1.36. The van der Waals surface area contributed by atoms with Crippen LogP contribution in [0.25, 0.3) is 0 Å². The Morgan fingerprint density at radius 1 is 1.30 bits per heavy atom. The van der Waals surface area contributed by atoms with Crippen LogP contribution >= 0.6 is 11.6 Å². The fourth-order valence-corrected chi connectivity index (χ4v) is 1.91. The van der Waals surface area contributed by atoms with Crippen molar-refractivity contribution >= 4 is 11.6 Å². The van der Waals surface area contributed by atoms with Crippen molar-refractivity contribution in [2.24, 2.45) is 0 Å². The van der Waals surface area contributed by atoms with Gasteiger partial charge in [-0.3, -0.25) is 0 Å². The van der Waals surface area contributed by atoms with Crippen LogP contribution in [0.1, 0.15) is 17.7 Å². The zero-order valence-corrected chi connectivity index (χ0v) is 11.8. The van der Waals surface area contributed by atoms with E-state index in [9.17, 15) is 4.39 Å². The molecule has 0 unspecified atom stereocenters. The summed E-state index contributed by atoms with van der Waals surface area (Å²) >= 11 is 5.69. The highest BCUT2D eigenvalue weighted by molar-refractivity contribution is 6.30. The summed E-state index contributed by atoms with van der Waals surface area (Å²) in [5, 5.41) is 3.58. The Balaban J connectivity index is 1.55. The van der Waals surface area contributed by atoms with Crippen LogP contribution in [0, 0.1) is 5.82 Å². The quantitative estimate of drug-likeness (QED) is 0.753. The first-order valence-corrected chi connectivity index (χ1v) is 6.88. The normalized spacial score (nSPS) is 10.9.